The average Bonchev–Trinajstić information content (AvgIpc) is 2.71. The molecule has 1 atom stereocenters. The van der Waals surface area contributed by atoms with Gasteiger partial charge in [0.05, 0.1) is 19.3 Å². The van der Waals surface area contributed by atoms with Crippen molar-refractivity contribution in [3.63, 3.8) is 0 Å². The van der Waals surface area contributed by atoms with Crippen molar-refractivity contribution in [1.82, 2.24) is 15.5 Å². The number of nitrogens with zero attached hydrogens (tertiary/aromatic N) is 1. The van der Waals surface area contributed by atoms with Gasteiger partial charge in [0.15, 0.2) is 0 Å². The van der Waals surface area contributed by atoms with E-state index >= 15 is 0 Å². The van der Waals surface area contributed by atoms with E-state index in [0.29, 0.717) is 19.8 Å². The van der Waals surface area contributed by atoms with Gasteiger partial charge in [-0.05, 0) is 25.3 Å². The molecule has 27 heavy (non-hydrogen) atoms. The van der Waals surface area contributed by atoms with Crippen LogP contribution in [0.4, 0.5) is 0 Å². The third-order valence-electron chi connectivity index (χ3n) is 5.55. The second-order valence-corrected chi connectivity index (χ2v) is 7.59. The van der Waals surface area contributed by atoms with Gasteiger partial charge in [-0.1, -0.05) is 49.1 Å². The SMILES string of the molecule is Cc1ccc([C@H](CNC(=O)C(=O)NC2CCCCC2)N2CCOCC2)cc1. The fourth-order valence-corrected chi connectivity index (χ4v) is 3.90. The standard InChI is InChI=1S/C21H31N3O3/c1-16-7-9-17(10-8-16)19(24-11-13-27-14-12-24)15-22-20(25)21(26)23-18-5-3-2-4-6-18/h7-10,18-19H,2-6,11-15H2,1H3,(H,22,25)(H,23,26)/t19-/m0/s1. The first-order valence-corrected chi connectivity index (χ1v) is 10.1. The molecule has 0 aromatic heterocycles. The molecule has 2 N–H and O–H groups in total. The van der Waals surface area contributed by atoms with Crippen LogP contribution in [0.2, 0.25) is 0 Å². The maximum absolute atomic E-state index is 12.3. The Morgan fingerprint density at radius 1 is 1.07 bits per heavy atom. The number of morpholine rings is 1. The molecule has 0 spiro atoms. The Bertz CT molecular complexity index is 620. The van der Waals surface area contributed by atoms with Crippen LogP contribution < -0.4 is 10.6 Å². The predicted molar refractivity (Wildman–Crippen MR) is 104 cm³/mol. The fraction of sp³-hybridized carbons (Fsp3) is 0.619. The van der Waals surface area contributed by atoms with Gasteiger partial charge >= 0.3 is 11.8 Å². The summed E-state index contributed by atoms with van der Waals surface area (Å²) in [6, 6.07) is 8.55. The van der Waals surface area contributed by atoms with E-state index in [1.165, 1.54) is 12.0 Å². The Kier molecular flexibility index (Phi) is 7.24. The predicted octanol–water partition coefficient (Wildman–Crippen LogP) is 1.93. The molecule has 148 valence electrons. The Hall–Kier alpha value is -1.92. The molecule has 3 rings (SSSR count). The van der Waals surface area contributed by atoms with Crippen molar-refractivity contribution in [3.8, 4) is 0 Å². The molecule has 6 heteroatoms. The van der Waals surface area contributed by atoms with Crippen LogP contribution in [0.3, 0.4) is 0 Å². The number of ether oxygens (including phenoxy) is 1. The van der Waals surface area contributed by atoms with E-state index in [1.54, 1.807) is 0 Å². The van der Waals surface area contributed by atoms with Gasteiger partial charge < -0.3 is 15.4 Å². The first-order valence-electron chi connectivity index (χ1n) is 10.1. The monoisotopic (exact) mass is 373 g/mol. The quantitative estimate of drug-likeness (QED) is 0.774. The highest BCUT2D eigenvalue weighted by Gasteiger charge is 2.25. The summed E-state index contributed by atoms with van der Waals surface area (Å²) in [6.45, 7) is 5.51. The zero-order valence-electron chi connectivity index (χ0n) is 16.2. The molecular formula is C21H31N3O3. The van der Waals surface area contributed by atoms with E-state index in [9.17, 15) is 9.59 Å². The molecule has 1 aliphatic heterocycles. The van der Waals surface area contributed by atoms with E-state index in [0.717, 1.165) is 44.3 Å². The number of hydrogen-bond donors (Lipinski definition) is 2. The van der Waals surface area contributed by atoms with E-state index in [-0.39, 0.29) is 12.1 Å². The molecule has 2 amide bonds. The normalized spacial score (nSPS) is 20.0. The van der Waals surface area contributed by atoms with Crippen LogP contribution in [0, 0.1) is 6.92 Å². The minimum Gasteiger partial charge on any atom is -0.379 e. The number of amides is 2. The van der Waals surface area contributed by atoms with E-state index in [1.807, 2.05) is 0 Å². The van der Waals surface area contributed by atoms with Crippen LogP contribution in [0.1, 0.15) is 49.3 Å². The zero-order chi connectivity index (χ0) is 19.1. The Morgan fingerprint density at radius 3 is 2.41 bits per heavy atom. The first-order chi connectivity index (χ1) is 13.1. The number of rotatable bonds is 5. The van der Waals surface area contributed by atoms with Crippen molar-refractivity contribution in [2.75, 3.05) is 32.8 Å². The van der Waals surface area contributed by atoms with Crippen molar-refractivity contribution in [1.29, 1.82) is 0 Å². The fourth-order valence-electron chi connectivity index (χ4n) is 3.90. The summed E-state index contributed by atoms with van der Waals surface area (Å²) in [4.78, 5) is 26.9. The lowest BCUT2D eigenvalue weighted by molar-refractivity contribution is -0.140. The summed E-state index contributed by atoms with van der Waals surface area (Å²) in [6.07, 6.45) is 5.41. The highest BCUT2D eigenvalue weighted by Crippen LogP contribution is 2.22. The van der Waals surface area contributed by atoms with Gasteiger partial charge in [-0.3, -0.25) is 14.5 Å². The summed E-state index contributed by atoms with van der Waals surface area (Å²) >= 11 is 0. The maximum atomic E-state index is 12.3. The van der Waals surface area contributed by atoms with Crippen LogP contribution in [0.25, 0.3) is 0 Å². The van der Waals surface area contributed by atoms with Gasteiger partial charge in [-0.15, -0.1) is 0 Å². The molecule has 1 saturated carbocycles. The number of aryl methyl sites for hydroxylation is 1. The number of hydrogen-bond acceptors (Lipinski definition) is 4. The summed E-state index contributed by atoms with van der Waals surface area (Å²) in [5.74, 6) is -1.04. The van der Waals surface area contributed by atoms with Crippen molar-refractivity contribution in [2.24, 2.45) is 0 Å². The molecule has 0 radical (unpaired) electrons. The van der Waals surface area contributed by atoms with Gasteiger partial charge in [-0.25, -0.2) is 0 Å². The molecule has 2 aliphatic rings. The lowest BCUT2D eigenvalue weighted by Gasteiger charge is -2.35. The highest BCUT2D eigenvalue weighted by molar-refractivity contribution is 6.35. The van der Waals surface area contributed by atoms with Gasteiger partial charge in [-0.2, -0.15) is 0 Å². The van der Waals surface area contributed by atoms with Crippen LogP contribution in [0.5, 0.6) is 0 Å². The van der Waals surface area contributed by atoms with Gasteiger partial charge in [0.1, 0.15) is 0 Å². The summed E-state index contributed by atoms with van der Waals surface area (Å²) in [5.41, 5.74) is 2.35. The van der Waals surface area contributed by atoms with E-state index in [4.69, 9.17) is 4.74 Å². The minimum absolute atomic E-state index is 0.0425. The van der Waals surface area contributed by atoms with E-state index < -0.39 is 11.8 Å². The van der Waals surface area contributed by atoms with Crippen molar-refractivity contribution < 1.29 is 14.3 Å². The molecule has 6 nitrogen and oxygen atoms in total. The molecule has 2 fully saturated rings. The third kappa shape index (κ3) is 5.78. The number of nitrogens with one attached hydrogen (secondary N) is 2. The first kappa shape index (κ1) is 19.8. The van der Waals surface area contributed by atoms with Crippen LogP contribution in [-0.2, 0) is 14.3 Å². The van der Waals surface area contributed by atoms with Crippen LogP contribution >= 0.6 is 0 Å². The minimum atomic E-state index is -0.536. The number of carbonyl (C=O) groups is 2. The molecule has 0 unspecified atom stereocenters. The Balaban J connectivity index is 1.58. The third-order valence-corrected chi connectivity index (χ3v) is 5.55. The van der Waals surface area contributed by atoms with Gasteiger partial charge in [0, 0.05) is 25.7 Å². The second-order valence-electron chi connectivity index (χ2n) is 7.59. The number of carbonyl (C=O) groups excluding carboxylic acids is 2. The second kappa shape index (κ2) is 9.85. The molecule has 1 aromatic carbocycles. The average molecular weight is 373 g/mol. The molecule has 1 aliphatic carbocycles. The van der Waals surface area contributed by atoms with E-state index in [2.05, 4.69) is 46.7 Å². The van der Waals surface area contributed by atoms with Crippen LogP contribution in [-0.4, -0.2) is 55.6 Å². The van der Waals surface area contributed by atoms with Crippen LogP contribution in [0.15, 0.2) is 24.3 Å². The van der Waals surface area contributed by atoms with Gasteiger partial charge in [0.25, 0.3) is 0 Å². The topological polar surface area (TPSA) is 70.7 Å². The van der Waals surface area contributed by atoms with Crippen molar-refractivity contribution in [2.45, 2.75) is 51.1 Å². The number of benzene rings is 1. The largest absolute Gasteiger partial charge is 0.379 e. The molecule has 1 aromatic rings. The maximum Gasteiger partial charge on any atom is 0.309 e. The summed E-state index contributed by atoms with van der Waals surface area (Å²) < 4.78 is 5.46. The Labute approximate surface area is 161 Å². The summed E-state index contributed by atoms with van der Waals surface area (Å²) in [7, 11) is 0. The Morgan fingerprint density at radius 2 is 1.74 bits per heavy atom. The van der Waals surface area contributed by atoms with Crippen molar-refractivity contribution in [3.05, 3.63) is 35.4 Å². The molecule has 1 heterocycles. The van der Waals surface area contributed by atoms with Crippen molar-refractivity contribution >= 4 is 11.8 Å². The smallest absolute Gasteiger partial charge is 0.309 e. The molecule has 0 bridgehead atoms. The molecular weight excluding hydrogens is 342 g/mol. The van der Waals surface area contributed by atoms with Gasteiger partial charge in [0.2, 0.25) is 0 Å². The zero-order valence-corrected chi connectivity index (χ0v) is 16.2. The lowest BCUT2D eigenvalue weighted by atomic mass is 9.95. The highest BCUT2D eigenvalue weighted by atomic mass is 16.5. The molecule has 1 saturated heterocycles. The summed E-state index contributed by atoms with van der Waals surface area (Å²) in [5, 5.41) is 5.73. The lowest BCUT2D eigenvalue weighted by Crippen LogP contribution is -2.48.